The molecule has 0 aliphatic heterocycles. The monoisotopic (exact) mass is 261 g/mol. The van der Waals surface area contributed by atoms with Crippen LogP contribution in [0.25, 0.3) is 10.6 Å². The number of anilines is 1. The molecule has 0 radical (unpaired) electrons. The van der Waals surface area contributed by atoms with E-state index in [1.54, 1.807) is 11.3 Å². The number of nitrogens with two attached hydrogens (primary N) is 1. The Bertz CT molecular complexity index is 526. The van der Waals surface area contributed by atoms with Crippen LogP contribution in [-0.2, 0) is 0 Å². The van der Waals surface area contributed by atoms with Gasteiger partial charge in [-0.3, -0.25) is 0 Å². The Hall–Kier alpha value is -1.39. The second kappa shape index (κ2) is 5.08. The van der Waals surface area contributed by atoms with Crippen molar-refractivity contribution in [2.24, 2.45) is 5.73 Å². The molecular formula is C14H19N3S. The van der Waals surface area contributed by atoms with Crippen molar-refractivity contribution in [2.45, 2.75) is 19.9 Å². The maximum Gasteiger partial charge on any atom is 0.123 e. The quantitative estimate of drug-likeness (QED) is 0.922. The number of hydrogen-bond donors (Lipinski definition) is 1. The fourth-order valence-corrected chi connectivity index (χ4v) is 2.88. The number of aromatic nitrogens is 1. The second-order valence-corrected chi connectivity index (χ2v) is 5.73. The van der Waals surface area contributed by atoms with E-state index in [-0.39, 0.29) is 6.04 Å². The van der Waals surface area contributed by atoms with Gasteiger partial charge in [-0.25, -0.2) is 4.98 Å². The van der Waals surface area contributed by atoms with Crippen LogP contribution in [-0.4, -0.2) is 19.1 Å². The number of thiazole rings is 1. The van der Waals surface area contributed by atoms with Gasteiger partial charge >= 0.3 is 0 Å². The van der Waals surface area contributed by atoms with E-state index >= 15 is 0 Å². The minimum Gasteiger partial charge on any atom is -0.378 e. The third-order valence-electron chi connectivity index (χ3n) is 2.88. The summed E-state index contributed by atoms with van der Waals surface area (Å²) in [5.41, 5.74) is 9.32. The Morgan fingerprint density at radius 1 is 1.22 bits per heavy atom. The van der Waals surface area contributed by atoms with Crippen molar-refractivity contribution < 1.29 is 0 Å². The highest BCUT2D eigenvalue weighted by Gasteiger charge is 2.12. The minimum atomic E-state index is 0.0531. The first-order chi connectivity index (χ1) is 8.49. The third-order valence-corrected chi connectivity index (χ3v) is 4.28. The predicted octanol–water partition coefficient (Wildman–Crippen LogP) is 3.20. The molecule has 18 heavy (non-hydrogen) atoms. The summed E-state index contributed by atoms with van der Waals surface area (Å²) < 4.78 is 0. The molecule has 1 aromatic carbocycles. The second-order valence-electron chi connectivity index (χ2n) is 4.70. The van der Waals surface area contributed by atoms with Crippen LogP contribution in [0.3, 0.4) is 0 Å². The molecule has 96 valence electrons. The minimum absolute atomic E-state index is 0.0531. The first kappa shape index (κ1) is 13.1. The molecule has 1 unspecified atom stereocenters. The summed E-state index contributed by atoms with van der Waals surface area (Å²) in [7, 11) is 4.08. The zero-order chi connectivity index (χ0) is 13.3. The van der Waals surface area contributed by atoms with Gasteiger partial charge in [0, 0.05) is 36.3 Å². The fraction of sp³-hybridized carbons (Fsp3) is 0.357. The van der Waals surface area contributed by atoms with E-state index in [0.717, 1.165) is 16.3 Å². The summed E-state index contributed by atoms with van der Waals surface area (Å²) >= 11 is 1.69. The lowest BCUT2D eigenvalue weighted by atomic mass is 10.2. The Kier molecular flexibility index (Phi) is 3.68. The molecular weight excluding hydrogens is 242 g/mol. The van der Waals surface area contributed by atoms with Crippen molar-refractivity contribution in [3.63, 3.8) is 0 Å². The Morgan fingerprint density at radius 2 is 1.83 bits per heavy atom. The normalized spacial score (nSPS) is 12.5. The van der Waals surface area contributed by atoms with E-state index < -0.39 is 0 Å². The van der Waals surface area contributed by atoms with Gasteiger partial charge in [0.1, 0.15) is 5.01 Å². The maximum atomic E-state index is 5.93. The molecule has 2 aromatic rings. The standard InChI is InChI=1S/C14H19N3S/c1-9(15)13-10(2)16-14(18-13)11-5-7-12(8-6-11)17(3)4/h5-9H,15H2,1-4H3. The van der Waals surface area contributed by atoms with Gasteiger partial charge in [0.05, 0.1) is 5.69 Å². The third kappa shape index (κ3) is 2.54. The molecule has 4 heteroatoms. The topological polar surface area (TPSA) is 42.2 Å². The first-order valence-corrected chi connectivity index (χ1v) is 6.81. The van der Waals surface area contributed by atoms with Crippen LogP contribution >= 0.6 is 11.3 Å². The van der Waals surface area contributed by atoms with Crippen molar-refractivity contribution in [1.29, 1.82) is 0 Å². The lowest BCUT2D eigenvalue weighted by Crippen LogP contribution is -2.07. The highest BCUT2D eigenvalue weighted by atomic mass is 32.1. The highest BCUT2D eigenvalue weighted by Crippen LogP contribution is 2.31. The number of rotatable bonds is 3. The van der Waals surface area contributed by atoms with Gasteiger partial charge in [0.2, 0.25) is 0 Å². The molecule has 1 heterocycles. The van der Waals surface area contributed by atoms with Crippen LogP contribution in [0.15, 0.2) is 24.3 Å². The molecule has 1 aromatic heterocycles. The molecule has 3 nitrogen and oxygen atoms in total. The van der Waals surface area contributed by atoms with Crippen LogP contribution in [0, 0.1) is 6.92 Å². The van der Waals surface area contributed by atoms with Crippen LogP contribution < -0.4 is 10.6 Å². The summed E-state index contributed by atoms with van der Waals surface area (Å²) in [5.74, 6) is 0. The predicted molar refractivity (Wildman–Crippen MR) is 79.2 cm³/mol. The SMILES string of the molecule is Cc1nc(-c2ccc(N(C)C)cc2)sc1C(C)N. The van der Waals surface area contributed by atoms with E-state index in [0.29, 0.717) is 0 Å². The van der Waals surface area contributed by atoms with Gasteiger partial charge in [-0.2, -0.15) is 0 Å². The van der Waals surface area contributed by atoms with Gasteiger partial charge in [-0.05, 0) is 38.1 Å². The zero-order valence-corrected chi connectivity index (χ0v) is 12.1. The van der Waals surface area contributed by atoms with Gasteiger partial charge in [-0.15, -0.1) is 11.3 Å². The van der Waals surface area contributed by atoms with E-state index in [1.165, 1.54) is 10.6 Å². The van der Waals surface area contributed by atoms with Crippen LogP contribution in [0.4, 0.5) is 5.69 Å². The molecule has 2 N–H and O–H groups in total. The number of nitrogens with zero attached hydrogens (tertiary/aromatic N) is 2. The average Bonchev–Trinajstić information content (AvgIpc) is 2.71. The molecule has 0 aliphatic carbocycles. The van der Waals surface area contributed by atoms with Crippen molar-refractivity contribution in [1.82, 2.24) is 4.98 Å². The molecule has 0 saturated carbocycles. The van der Waals surface area contributed by atoms with Crippen LogP contribution in [0.1, 0.15) is 23.5 Å². The summed E-state index contributed by atoms with van der Waals surface area (Å²) in [5, 5.41) is 1.05. The molecule has 0 saturated heterocycles. The van der Waals surface area contributed by atoms with Gasteiger partial charge < -0.3 is 10.6 Å². The smallest absolute Gasteiger partial charge is 0.123 e. The average molecular weight is 261 g/mol. The van der Waals surface area contributed by atoms with E-state index in [9.17, 15) is 0 Å². The van der Waals surface area contributed by atoms with Crippen molar-refractivity contribution in [3.05, 3.63) is 34.8 Å². The van der Waals surface area contributed by atoms with Gasteiger partial charge in [0.15, 0.2) is 0 Å². The first-order valence-electron chi connectivity index (χ1n) is 5.99. The van der Waals surface area contributed by atoms with Gasteiger partial charge in [-0.1, -0.05) is 0 Å². The Balaban J connectivity index is 2.34. The van der Waals surface area contributed by atoms with Crippen molar-refractivity contribution in [3.8, 4) is 10.6 Å². The molecule has 2 rings (SSSR count). The fourth-order valence-electron chi connectivity index (χ4n) is 1.86. The lowest BCUT2D eigenvalue weighted by molar-refractivity contribution is 0.825. The van der Waals surface area contributed by atoms with Crippen LogP contribution in [0.2, 0.25) is 0 Å². The zero-order valence-electron chi connectivity index (χ0n) is 11.3. The number of aryl methyl sites for hydroxylation is 1. The lowest BCUT2D eigenvalue weighted by Gasteiger charge is -2.11. The molecule has 1 atom stereocenters. The molecule has 0 spiro atoms. The maximum absolute atomic E-state index is 5.93. The Labute approximate surface area is 112 Å². The summed E-state index contributed by atoms with van der Waals surface area (Å²) in [6.45, 7) is 4.02. The number of benzene rings is 1. The Morgan fingerprint density at radius 3 is 2.28 bits per heavy atom. The van der Waals surface area contributed by atoms with E-state index in [2.05, 4.69) is 34.1 Å². The summed E-state index contributed by atoms with van der Waals surface area (Å²) in [4.78, 5) is 7.86. The summed E-state index contributed by atoms with van der Waals surface area (Å²) in [6.07, 6.45) is 0. The van der Waals surface area contributed by atoms with Crippen molar-refractivity contribution >= 4 is 17.0 Å². The largest absolute Gasteiger partial charge is 0.378 e. The van der Waals surface area contributed by atoms with Gasteiger partial charge in [0.25, 0.3) is 0 Å². The van der Waals surface area contributed by atoms with Crippen LogP contribution in [0.5, 0.6) is 0 Å². The number of hydrogen-bond acceptors (Lipinski definition) is 4. The highest BCUT2D eigenvalue weighted by molar-refractivity contribution is 7.15. The van der Waals surface area contributed by atoms with E-state index in [1.807, 2.05) is 27.9 Å². The van der Waals surface area contributed by atoms with E-state index in [4.69, 9.17) is 5.73 Å². The molecule has 0 bridgehead atoms. The molecule has 0 aliphatic rings. The molecule has 0 amide bonds. The summed E-state index contributed by atoms with van der Waals surface area (Å²) in [6, 6.07) is 8.49. The molecule has 0 fully saturated rings. The van der Waals surface area contributed by atoms with Crippen molar-refractivity contribution in [2.75, 3.05) is 19.0 Å².